The van der Waals surface area contributed by atoms with Crippen molar-refractivity contribution in [3.05, 3.63) is 48.0 Å². The van der Waals surface area contributed by atoms with Crippen molar-refractivity contribution in [2.45, 2.75) is 26.4 Å². The van der Waals surface area contributed by atoms with E-state index in [1.54, 1.807) is 6.33 Å². The number of hydrogen-bond acceptors (Lipinski definition) is 3. The summed E-state index contributed by atoms with van der Waals surface area (Å²) in [4.78, 5) is 15.2. The molecule has 1 heterocycles. The molecule has 0 fully saturated rings. The van der Waals surface area contributed by atoms with Crippen molar-refractivity contribution in [2.75, 3.05) is 5.32 Å². The lowest BCUT2D eigenvalue weighted by atomic mass is 10.1. The first-order valence-corrected chi connectivity index (χ1v) is 6.62. The molecule has 20 heavy (non-hydrogen) atoms. The van der Waals surface area contributed by atoms with Gasteiger partial charge in [0.05, 0.1) is 12.0 Å². The quantitative estimate of drug-likeness (QED) is 0.877. The van der Waals surface area contributed by atoms with Crippen LogP contribution in [-0.4, -0.2) is 15.5 Å². The second kappa shape index (κ2) is 6.34. The Morgan fingerprint density at radius 1 is 1.45 bits per heavy atom. The van der Waals surface area contributed by atoms with E-state index in [1.807, 2.05) is 42.1 Å². The van der Waals surface area contributed by atoms with Crippen LogP contribution in [-0.2, 0) is 18.4 Å². The van der Waals surface area contributed by atoms with E-state index in [9.17, 15) is 4.79 Å². The summed E-state index contributed by atoms with van der Waals surface area (Å²) in [5.41, 5.74) is 3.09. The van der Waals surface area contributed by atoms with E-state index < -0.39 is 0 Å². The van der Waals surface area contributed by atoms with Gasteiger partial charge in [0, 0.05) is 38.4 Å². The number of nitrogens with zero attached hydrogens (tertiary/aromatic N) is 2. The molecule has 1 unspecified atom stereocenters. The summed E-state index contributed by atoms with van der Waals surface area (Å²) in [6.07, 6.45) is 3.65. The molecule has 0 spiro atoms. The number of carbonyl (C=O) groups excluding carboxylic acids is 1. The van der Waals surface area contributed by atoms with Gasteiger partial charge >= 0.3 is 0 Å². The standard InChI is InChI=1S/C15H20N4O/c1-11(17-9-15-8-16-10-19(15)3)13-5-4-6-14(7-13)18-12(2)20/h4-8,10-11,17H,9H2,1-3H3,(H,18,20). The van der Waals surface area contributed by atoms with E-state index in [4.69, 9.17) is 0 Å². The molecule has 1 aromatic carbocycles. The lowest BCUT2D eigenvalue weighted by Crippen LogP contribution is -2.19. The largest absolute Gasteiger partial charge is 0.337 e. The van der Waals surface area contributed by atoms with Crippen molar-refractivity contribution in [1.29, 1.82) is 0 Å². The fourth-order valence-electron chi connectivity index (χ4n) is 2.02. The number of rotatable bonds is 5. The SMILES string of the molecule is CC(=O)Nc1cccc(C(C)NCc2cncn2C)c1. The maximum Gasteiger partial charge on any atom is 0.221 e. The van der Waals surface area contributed by atoms with Gasteiger partial charge in [-0.25, -0.2) is 4.98 Å². The van der Waals surface area contributed by atoms with Crippen LogP contribution in [0.5, 0.6) is 0 Å². The highest BCUT2D eigenvalue weighted by Gasteiger charge is 2.07. The molecule has 1 amide bonds. The van der Waals surface area contributed by atoms with E-state index in [2.05, 4.69) is 22.5 Å². The number of aryl methyl sites for hydroxylation is 1. The maximum absolute atomic E-state index is 11.1. The molecule has 0 radical (unpaired) electrons. The third kappa shape index (κ3) is 3.68. The summed E-state index contributed by atoms with van der Waals surface area (Å²) in [6, 6.07) is 8.06. The highest BCUT2D eigenvalue weighted by molar-refractivity contribution is 5.88. The van der Waals surface area contributed by atoms with Crippen molar-refractivity contribution in [1.82, 2.24) is 14.9 Å². The predicted octanol–water partition coefficient (Wildman–Crippen LogP) is 2.23. The molecule has 5 nitrogen and oxygen atoms in total. The average Bonchev–Trinajstić information content (AvgIpc) is 2.81. The van der Waals surface area contributed by atoms with Crippen molar-refractivity contribution in [2.24, 2.45) is 7.05 Å². The number of carbonyl (C=O) groups is 1. The molecule has 0 aliphatic rings. The second-order valence-corrected chi connectivity index (χ2v) is 4.91. The molecule has 0 aliphatic heterocycles. The Bertz CT molecular complexity index is 591. The minimum Gasteiger partial charge on any atom is -0.337 e. The summed E-state index contributed by atoms with van der Waals surface area (Å²) in [5, 5.41) is 6.25. The molecule has 1 aromatic heterocycles. The zero-order chi connectivity index (χ0) is 14.5. The predicted molar refractivity (Wildman–Crippen MR) is 79.2 cm³/mol. The second-order valence-electron chi connectivity index (χ2n) is 4.91. The van der Waals surface area contributed by atoms with Crippen LogP contribution in [0.4, 0.5) is 5.69 Å². The van der Waals surface area contributed by atoms with Crippen molar-refractivity contribution >= 4 is 11.6 Å². The van der Waals surface area contributed by atoms with Crippen LogP contribution >= 0.6 is 0 Å². The number of anilines is 1. The summed E-state index contributed by atoms with van der Waals surface area (Å²) in [5.74, 6) is -0.0577. The van der Waals surface area contributed by atoms with Gasteiger partial charge in [-0.3, -0.25) is 4.79 Å². The van der Waals surface area contributed by atoms with Gasteiger partial charge in [-0.1, -0.05) is 12.1 Å². The van der Waals surface area contributed by atoms with Gasteiger partial charge < -0.3 is 15.2 Å². The van der Waals surface area contributed by atoms with Crippen molar-refractivity contribution < 1.29 is 4.79 Å². The average molecular weight is 272 g/mol. The molecular formula is C15H20N4O. The smallest absolute Gasteiger partial charge is 0.221 e. The number of benzene rings is 1. The Morgan fingerprint density at radius 2 is 2.25 bits per heavy atom. The van der Waals surface area contributed by atoms with E-state index >= 15 is 0 Å². The molecule has 0 bridgehead atoms. The van der Waals surface area contributed by atoms with Crippen molar-refractivity contribution in [3.63, 3.8) is 0 Å². The van der Waals surface area contributed by atoms with E-state index in [0.717, 1.165) is 23.5 Å². The first-order valence-electron chi connectivity index (χ1n) is 6.62. The fourth-order valence-corrected chi connectivity index (χ4v) is 2.02. The summed E-state index contributed by atoms with van der Waals surface area (Å²) in [7, 11) is 1.98. The Labute approximate surface area is 119 Å². The molecule has 106 valence electrons. The van der Waals surface area contributed by atoms with Crippen LogP contribution in [0.15, 0.2) is 36.8 Å². The van der Waals surface area contributed by atoms with Crippen LogP contribution < -0.4 is 10.6 Å². The van der Waals surface area contributed by atoms with E-state index in [-0.39, 0.29) is 11.9 Å². The van der Waals surface area contributed by atoms with Crippen LogP contribution in [0.25, 0.3) is 0 Å². The molecule has 0 saturated carbocycles. The monoisotopic (exact) mass is 272 g/mol. The molecule has 1 atom stereocenters. The molecular weight excluding hydrogens is 252 g/mol. The van der Waals surface area contributed by atoms with Crippen molar-refractivity contribution in [3.8, 4) is 0 Å². The highest BCUT2D eigenvalue weighted by Crippen LogP contribution is 2.17. The summed E-state index contributed by atoms with van der Waals surface area (Å²) in [6.45, 7) is 4.36. The van der Waals surface area contributed by atoms with Crippen LogP contribution in [0.3, 0.4) is 0 Å². The molecule has 0 aliphatic carbocycles. The molecule has 0 saturated heterocycles. The van der Waals surface area contributed by atoms with E-state index in [0.29, 0.717) is 0 Å². The van der Waals surface area contributed by atoms with Crippen LogP contribution in [0.1, 0.15) is 31.1 Å². The highest BCUT2D eigenvalue weighted by atomic mass is 16.1. The Morgan fingerprint density at radius 3 is 2.90 bits per heavy atom. The zero-order valence-corrected chi connectivity index (χ0v) is 12.1. The van der Waals surface area contributed by atoms with Crippen LogP contribution in [0, 0.1) is 0 Å². The Kier molecular flexibility index (Phi) is 4.53. The number of imidazole rings is 1. The molecule has 2 aromatic rings. The van der Waals surface area contributed by atoms with Gasteiger partial charge in [0.15, 0.2) is 0 Å². The minimum absolute atomic E-state index is 0.0577. The van der Waals surface area contributed by atoms with Crippen LogP contribution in [0.2, 0.25) is 0 Å². The lowest BCUT2D eigenvalue weighted by Gasteiger charge is -2.15. The lowest BCUT2D eigenvalue weighted by molar-refractivity contribution is -0.114. The number of amides is 1. The van der Waals surface area contributed by atoms with Gasteiger partial charge in [-0.2, -0.15) is 0 Å². The summed E-state index contributed by atoms with van der Waals surface area (Å²) < 4.78 is 1.99. The number of aromatic nitrogens is 2. The maximum atomic E-state index is 11.1. The fraction of sp³-hybridized carbons (Fsp3) is 0.333. The Hall–Kier alpha value is -2.14. The van der Waals surface area contributed by atoms with Gasteiger partial charge in [0.1, 0.15) is 0 Å². The number of hydrogen-bond donors (Lipinski definition) is 2. The summed E-state index contributed by atoms with van der Waals surface area (Å²) >= 11 is 0. The third-order valence-corrected chi connectivity index (χ3v) is 3.21. The van der Waals surface area contributed by atoms with Gasteiger partial charge in [0.2, 0.25) is 5.91 Å². The first-order chi connectivity index (χ1) is 9.56. The third-order valence-electron chi connectivity index (χ3n) is 3.21. The van der Waals surface area contributed by atoms with Gasteiger partial charge in [0.25, 0.3) is 0 Å². The Balaban J connectivity index is 2.00. The molecule has 2 N–H and O–H groups in total. The molecule has 2 rings (SSSR count). The van der Waals surface area contributed by atoms with Gasteiger partial charge in [-0.15, -0.1) is 0 Å². The van der Waals surface area contributed by atoms with E-state index in [1.165, 1.54) is 6.92 Å². The minimum atomic E-state index is -0.0577. The van der Waals surface area contributed by atoms with Gasteiger partial charge in [-0.05, 0) is 24.6 Å². The molecule has 5 heteroatoms. The number of nitrogens with one attached hydrogen (secondary N) is 2. The normalized spacial score (nSPS) is 12.2. The zero-order valence-electron chi connectivity index (χ0n) is 12.1. The topological polar surface area (TPSA) is 59.0 Å². The first kappa shape index (κ1) is 14.3.